The molecule has 1 aromatic rings. The Labute approximate surface area is 82.5 Å². The van der Waals surface area contributed by atoms with Crippen LogP contribution in [-0.4, -0.2) is 14.2 Å². The molecule has 5 heteroatoms. The number of aryl methyl sites for hydroxylation is 1. The maximum absolute atomic E-state index is 11.5. The first-order chi connectivity index (χ1) is 6.38. The smallest absolute Gasteiger partial charge is 0.224 e. The van der Waals surface area contributed by atoms with Gasteiger partial charge in [-0.05, 0) is 13.8 Å². The van der Waals surface area contributed by atoms with Gasteiger partial charge < -0.3 is 4.42 Å². The average Bonchev–Trinajstić information content (AvgIpc) is 2.11. The highest BCUT2D eigenvalue weighted by atomic mass is 32.2. The molecule has 0 radical (unpaired) electrons. The van der Waals surface area contributed by atoms with Crippen molar-refractivity contribution < 1.29 is 12.8 Å². The summed E-state index contributed by atoms with van der Waals surface area (Å²) in [5.41, 5.74) is -0.154. The van der Waals surface area contributed by atoms with Gasteiger partial charge in [0.05, 0.1) is 11.3 Å². The highest BCUT2D eigenvalue weighted by molar-refractivity contribution is 7.91. The molecule has 0 fully saturated rings. The minimum absolute atomic E-state index is 0.0692. The minimum Gasteiger partial charge on any atom is -0.449 e. The van der Waals surface area contributed by atoms with Crippen LogP contribution in [0.25, 0.3) is 0 Å². The van der Waals surface area contributed by atoms with E-state index in [9.17, 15) is 13.2 Å². The van der Waals surface area contributed by atoms with Gasteiger partial charge in [-0.15, -0.1) is 0 Å². The molecular formula is C9H12O4S. The van der Waals surface area contributed by atoms with Crippen molar-refractivity contribution in [1.29, 1.82) is 0 Å². The van der Waals surface area contributed by atoms with E-state index in [0.717, 1.165) is 0 Å². The molecule has 0 unspecified atom stereocenters. The Morgan fingerprint density at radius 1 is 1.36 bits per heavy atom. The monoisotopic (exact) mass is 216 g/mol. The largest absolute Gasteiger partial charge is 0.449 e. The van der Waals surface area contributed by atoms with Crippen LogP contribution in [0.3, 0.4) is 0 Å². The molecule has 0 amide bonds. The molecule has 0 aromatic carbocycles. The summed E-state index contributed by atoms with van der Waals surface area (Å²) in [5.74, 6) is 0.243. The molecule has 0 saturated heterocycles. The quantitative estimate of drug-likeness (QED) is 0.741. The van der Waals surface area contributed by atoms with Crippen molar-refractivity contribution in [2.24, 2.45) is 0 Å². The first-order valence-electron chi connectivity index (χ1n) is 4.22. The lowest BCUT2D eigenvalue weighted by Gasteiger charge is -2.04. The van der Waals surface area contributed by atoms with Gasteiger partial charge >= 0.3 is 0 Å². The molecule has 1 rings (SSSR count). The van der Waals surface area contributed by atoms with Crippen molar-refractivity contribution in [1.82, 2.24) is 0 Å². The van der Waals surface area contributed by atoms with Crippen LogP contribution in [0.5, 0.6) is 0 Å². The number of sulfone groups is 1. The molecule has 0 aliphatic rings. The lowest BCUT2D eigenvalue weighted by Crippen LogP contribution is -2.13. The molecule has 0 saturated carbocycles. The van der Waals surface area contributed by atoms with E-state index >= 15 is 0 Å². The molecule has 0 aliphatic carbocycles. The van der Waals surface area contributed by atoms with Gasteiger partial charge in [0.25, 0.3) is 0 Å². The molecule has 1 heterocycles. The molecule has 0 N–H and O–H groups in total. The normalized spacial score (nSPS) is 11.6. The van der Waals surface area contributed by atoms with E-state index in [1.54, 1.807) is 6.92 Å². The van der Waals surface area contributed by atoms with Crippen LogP contribution in [-0.2, 0) is 9.84 Å². The summed E-state index contributed by atoms with van der Waals surface area (Å²) < 4.78 is 28.0. The number of rotatable bonds is 2. The highest BCUT2D eigenvalue weighted by Crippen LogP contribution is 2.14. The Kier molecular flexibility index (Phi) is 2.80. The Hall–Kier alpha value is -1.10. The Balaban J connectivity index is 3.59. The van der Waals surface area contributed by atoms with E-state index in [1.165, 1.54) is 19.9 Å². The fourth-order valence-electron chi connectivity index (χ4n) is 1.07. The van der Waals surface area contributed by atoms with E-state index in [4.69, 9.17) is 4.42 Å². The fourth-order valence-corrected chi connectivity index (χ4v) is 2.16. The summed E-state index contributed by atoms with van der Waals surface area (Å²) in [6.07, 6.45) is 0. The zero-order valence-corrected chi connectivity index (χ0v) is 9.14. The third-order valence-corrected chi connectivity index (χ3v) is 3.64. The van der Waals surface area contributed by atoms with Gasteiger partial charge in [0, 0.05) is 6.07 Å². The summed E-state index contributed by atoms with van der Waals surface area (Å²) in [6, 6.07) is 1.28. The molecule has 78 valence electrons. The van der Waals surface area contributed by atoms with Crippen molar-refractivity contribution in [3.8, 4) is 0 Å². The van der Waals surface area contributed by atoms with E-state index in [2.05, 4.69) is 0 Å². The van der Waals surface area contributed by atoms with Crippen molar-refractivity contribution in [3.05, 3.63) is 27.6 Å². The third-order valence-electron chi connectivity index (χ3n) is 1.93. The standard InChI is InChI=1S/C9H12O4S/c1-4-14(11,12)9-7(3)8(10)5-6(2)13-9/h5H,4H2,1-3H3. The van der Waals surface area contributed by atoms with Crippen LogP contribution in [0.2, 0.25) is 0 Å². The Bertz CT molecular complexity index is 496. The Morgan fingerprint density at radius 2 is 1.93 bits per heavy atom. The van der Waals surface area contributed by atoms with Crippen LogP contribution in [0.1, 0.15) is 18.2 Å². The molecule has 1 aromatic heterocycles. The molecule has 0 atom stereocenters. The molecule has 14 heavy (non-hydrogen) atoms. The van der Waals surface area contributed by atoms with E-state index in [-0.39, 0.29) is 21.8 Å². The predicted molar refractivity (Wildman–Crippen MR) is 52.2 cm³/mol. The van der Waals surface area contributed by atoms with E-state index in [0.29, 0.717) is 5.76 Å². The first-order valence-corrected chi connectivity index (χ1v) is 5.88. The second kappa shape index (κ2) is 3.57. The first kappa shape index (κ1) is 11.0. The van der Waals surface area contributed by atoms with Crippen molar-refractivity contribution in [2.75, 3.05) is 5.75 Å². The van der Waals surface area contributed by atoms with Crippen LogP contribution >= 0.6 is 0 Å². The summed E-state index contributed by atoms with van der Waals surface area (Å²) in [5, 5.41) is -0.204. The van der Waals surface area contributed by atoms with Gasteiger partial charge in [0.2, 0.25) is 14.9 Å². The summed E-state index contributed by atoms with van der Waals surface area (Å²) in [7, 11) is -3.44. The molecule has 0 spiro atoms. The van der Waals surface area contributed by atoms with Crippen LogP contribution < -0.4 is 5.43 Å². The SMILES string of the molecule is CCS(=O)(=O)c1oc(C)cc(=O)c1C. The molecule has 0 aliphatic heterocycles. The van der Waals surface area contributed by atoms with Gasteiger partial charge in [-0.2, -0.15) is 0 Å². The second-order valence-corrected chi connectivity index (χ2v) is 5.21. The summed E-state index contributed by atoms with van der Waals surface area (Å²) in [4.78, 5) is 11.3. The van der Waals surface area contributed by atoms with Crippen LogP contribution in [0, 0.1) is 13.8 Å². The number of hydrogen-bond acceptors (Lipinski definition) is 4. The van der Waals surface area contributed by atoms with Crippen LogP contribution in [0.15, 0.2) is 20.4 Å². The third kappa shape index (κ3) is 1.87. The maximum Gasteiger partial charge on any atom is 0.224 e. The number of hydrogen-bond donors (Lipinski definition) is 0. The maximum atomic E-state index is 11.5. The summed E-state index contributed by atoms with van der Waals surface area (Å²) >= 11 is 0. The molecule has 4 nitrogen and oxygen atoms in total. The lowest BCUT2D eigenvalue weighted by molar-refractivity contribution is 0.403. The summed E-state index contributed by atoms with van der Waals surface area (Å²) in [6.45, 7) is 4.51. The topological polar surface area (TPSA) is 64.3 Å². The molecule has 0 bridgehead atoms. The predicted octanol–water partition coefficient (Wildman–Crippen LogP) is 1.05. The van der Waals surface area contributed by atoms with Gasteiger partial charge in [0.1, 0.15) is 5.76 Å². The second-order valence-electron chi connectivity index (χ2n) is 3.04. The van der Waals surface area contributed by atoms with Crippen LogP contribution in [0.4, 0.5) is 0 Å². The van der Waals surface area contributed by atoms with Gasteiger partial charge in [-0.25, -0.2) is 8.42 Å². The van der Waals surface area contributed by atoms with E-state index in [1.807, 2.05) is 0 Å². The lowest BCUT2D eigenvalue weighted by atomic mass is 10.3. The highest BCUT2D eigenvalue weighted by Gasteiger charge is 2.19. The van der Waals surface area contributed by atoms with Crippen molar-refractivity contribution >= 4 is 9.84 Å². The van der Waals surface area contributed by atoms with Gasteiger partial charge in [-0.3, -0.25) is 4.79 Å². The van der Waals surface area contributed by atoms with Crippen molar-refractivity contribution in [3.63, 3.8) is 0 Å². The van der Waals surface area contributed by atoms with Gasteiger partial charge in [0.15, 0.2) is 5.43 Å². The zero-order chi connectivity index (χ0) is 10.9. The zero-order valence-electron chi connectivity index (χ0n) is 8.33. The fraction of sp³-hybridized carbons (Fsp3) is 0.444. The Morgan fingerprint density at radius 3 is 2.43 bits per heavy atom. The van der Waals surface area contributed by atoms with Crippen molar-refractivity contribution in [2.45, 2.75) is 25.9 Å². The van der Waals surface area contributed by atoms with E-state index < -0.39 is 9.84 Å². The van der Waals surface area contributed by atoms with Gasteiger partial charge in [-0.1, -0.05) is 6.92 Å². The average molecular weight is 216 g/mol. The minimum atomic E-state index is -3.44. The molecular weight excluding hydrogens is 204 g/mol.